The van der Waals surface area contributed by atoms with E-state index in [9.17, 15) is 27.5 Å². The molecule has 0 aliphatic carbocycles. The van der Waals surface area contributed by atoms with Crippen molar-refractivity contribution in [2.24, 2.45) is 0 Å². The fourth-order valence-corrected chi connectivity index (χ4v) is 5.12. The number of nitrogens with one attached hydrogen (secondary N) is 4. The molecular weight excluding hydrogens is 547 g/mol. The molecule has 5 N–H and O–H groups in total. The minimum Gasteiger partial charge on any atom is -0.477 e. The van der Waals surface area contributed by atoms with E-state index in [1.165, 1.54) is 12.1 Å². The summed E-state index contributed by atoms with van der Waals surface area (Å²) in [5, 5.41) is 19.0. The number of fused-ring (bicyclic) bond motifs is 1. The van der Waals surface area contributed by atoms with E-state index >= 15 is 0 Å². The molecule has 1 atom stereocenters. The van der Waals surface area contributed by atoms with Crippen LogP contribution in [0.1, 0.15) is 34.6 Å². The van der Waals surface area contributed by atoms with Crippen molar-refractivity contribution in [3.63, 3.8) is 0 Å². The molecule has 4 rings (SSSR count). The van der Waals surface area contributed by atoms with Gasteiger partial charge in [0, 0.05) is 41.2 Å². The topological polar surface area (TPSA) is 140 Å². The van der Waals surface area contributed by atoms with E-state index in [1.54, 1.807) is 44.3 Å². The monoisotopic (exact) mass is 574 g/mol. The SMILES string of the molecule is CNc1ccc(NC(=O)NC(C)c2cccc3c(-c4ccc(CS(C)(=O)=O)c(F)c4)c(C(=O)O)[nH]c23)cc1.Cl. The molecule has 0 aliphatic rings. The highest BCUT2D eigenvalue weighted by molar-refractivity contribution is 7.89. The van der Waals surface area contributed by atoms with Crippen molar-refractivity contribution >= 4 is 56.5 Å². The number of para-hydroxylation sites is 1. The number of carbonyl (C=O) groups is 2. The van der Waals surface area contributed by atoms with Crippen LogP contribution in [0.5, 0.6) is 0 Å². The van der Waals surface area contributed by atoms with Crippen molar-refractivity contribution in [3.05, 3.63) is 83.3 Å². The molecule has 0 saturated carbocycles. The molecule has 0 bridgehead atoms. The number of aromatic amines is 1. The number of carboxylic acid groups (broad SMARTS) is 1. The van der Waals surface area contributed by atoms with Crippen molar-refractivity contribution in [1.82, 2.24) is 10.3 Å². The van der Waals surface area contributed by atoms with Gasteiger partial charge in [0.25, 0.3) is 0 Å². The van der Waals surface area contributed by atoms with Gasteiger partial charge in [-0.05, 0) is 48.4 Å². The second kappa shape index (κ2) is 11.7. The summed E-state index contributed by atoms with van der Waals surface area (Å²) in [7, 11) is -1.66. The van der Waals surface area contributed by atoms with Gasteiger partial charge in [0.15, 0.2) is 9.84 Å². The first kappa shape index (κ1) is 29.5. The Kier molecular flexibility index (Phi) is 8.88. The van der Waals surface area contributed by atoms with E-state index in [0.29, 0.717) is 22.2 Å². The number of H-pyrrole nitrogens is 1. The van der Waals surface area contributed by atoms with Crippen LogP contribution in [0.4, 0.5) is 20.6 Å². The molecule has 0 fully saturated rings. The molecular formula is C27H28ClFN4O5S. The molecule has 0 spiro atoms. The Morgan fingerprint density at radius 1 is 1.05 bits per heavy atom. The summed E-state index contributed by atoms with van der Waals surface area (Å²) in [6, 6.07) is 15.4. The van der Waals surface area contributed by atoms with Crippen molar-refractivity contribution in [1.29, 1.82) is 0 Å². The van der Waals surface area contributed by atoms with E-state index < -0.39 is 39.4 Å². The molecule has 2 amide bonds. The van der Waals surface area contributed by atoms with Gasteiger partial charge in [-0.25, -0.2) is 22.4 Å². The third kappa shape index (κ3) is 6.68. The molecule has 1 unspecified atom stereocenters. The number of aromatic carboxylic acids is 1. The third-order valence-corrected chi connectivity index (χ3v) is 6.92. The number of rotatable bonds is 8. The van der Waals surface area contributed by atoms with E-state index in [1.807, 2.05) is 12.1 Å². The predicted octanol–water partition coefficient (Wildman–Crippen LogP) is 5.56. The first-order valence-corrected chi connectivity index (χ1v) is 13.7. The fourth-order valence-electron chi connectivity index (χ4n) is 4.33. The largest absolute Gasteiger partial charge is 0.477 e. The average Bonchev–Trinajstić information content (AvgIpc) is 3.25. The minimum atomic E-state index is -3.45. The molecule has 0 aliphatic heterocycles. The number of hydrogen-bond donors (Lipinski definition) is 5. The predicted molar refractivity (Wildman–Crippen MR) is 153 cm³/mol. The molecule has 1 aromatic heterocycles. The van der Waals surface area contributed by atoms with Crippen LogP contribution in [0.3, 0.4) is 0 Å². The smallest absolute Gasteiger partial charge is 0.352 e. The van der Waals surface area contributed by atoms with Gasteiger partial charge in [-0.1, -0.05) is 30.3 Å². The summed E-state index contributed by atoms with van der Waals surface area (Å²) < 4.78 is 38.0. The molecule has 39 heavy (non-hydrogen) atoms. The van der Waals surface area contributed by atoms with Crippen LogP contribution in [-0.4, -0.2) is 43.8 Å². The number of carbonyl (C=O) groups excluding carboxylic acids is 1. The second-order valence-electron chi connectivity index (χ2n) is 8.97. The first-order valence-electron chi connectivity index (χ1n) is 11.7. The maximum Gasteiger partial charge on any atom is 0.352 e. The van der Waals surface area contributed by atoms with Crippen LogP contribution in [0.25, 0.3) is 22.0 Å². The summed E-state index contributed by atoms with van der Waals surface area (Å²) in [5.74, 6) is -2.45. The Bertz CT molecular complexity index is 1640. The molecule has 9 nitrogen and oxygen atoms in total. The summed E-state index contributed by atoms with van der Waals surface area (Å²) >= 11 is 0. The van der Waals surface area contributed by atoms with Gasteiger partial charge in [-0.2, -0.15) is 0 Å². The Balaban J connectivity index is 0.00000420. The first-order chi connectivity index (χ1) is 18.0. The molecule has 3 aromatic carbocycles. The highest BCUT2D eigenvalue weighted by Crippen LogP contribution is 2.36. The lowest BCUT2D eigenvalue weighted by Gasteiger charge is -2.16. The van der Waals surface area contributed by atoms with Crippen LogP contribution in [0.2, 0.25) is 0 Å². The quantitative estimate of drug-likeness (QED) is 0.186. The normalized spacial score (nSPS) is 11.9. The van der Waals surface area contributed by atoms with E-state index in [0.717, 1.165) is 18.0 Å². The lowest BCUT2D eigenvalue weighted by Crippen LogP contribution is -2.31. The Morgan fingerprint density at radius 2 is 1.72 bits per heavy atom. The minimum absolute atomic E-state index is 0. The van der Waals surface area contributed by atoms with Gasteiger partial charge in [0.05, 0.1) is 17.3 Å². The van der Waals surface area contributed by atoms with Crippen LogP contribution in [0, 0.1) is 5.82 Å². The van der Waals surface area contributed by atoms with Gasteiger partial charge in [-0.3, -0.25) is 0 Å². The van der Waals surface area contributed by atoms with Crippen LogP contribution >= 0.6 is 12.4 Å². The fraction of sp³-hybridized carbons (Fsp3) is 0.185. The van der Waals surface area contributed by atoms with Gasteiger partial charge in [-0.15, -0.1) is 12.4 Å². The van der Waals surface area contributed by atoms with Crippen molar-refractivity contribution in [2.45, 2.75) is 18.7 Å². The molecule has 12 heteroatoms. The van der Waals surface area contributed by atoms with Crippen molar-refractivity contribution in [3.8, 4) is 11.1 Å². The summed E-state index contributed by atoms with van der Waals surface area (Å²) in [4.78, 5) is 27.7. The average molecular weight is 575 g/mol. The van der Waals surface area contributed by atoms with Crippen LogP contribution < -0.4 is 16.0 Å². The summed E-state index contributed by atoms with van der Waals surface area (Å²) in [6.45, 7) is 1.76. The molecule has 1 heterocycles. The van der Waals surface area contributed by atoms with Gasteiger partial charge >= 0.3 is 12.0 Å². The van der Waals surface area contributed by atoms with Crippen LogP contribution in [0.15, 0.2) is 60.7 Å². The summed E-state index contributed by atoms with van der Waals surface area (Å²) in [5.41, 5.74) is 3.01. The van der Waals surface area contributed by atoms with E-state index in [4.69, 9.17) is 0 Å². The van der Waals surface area contributed by atoms with Gasteiger partial charge in [0.2, 0.25) is 0 Å². The molecule has 0 radical (unpaired) electrons. The number of halogens is 2. The van der Waals surface area contributed by atoms with E-state index in [-0.39, 0.29) is 34.8 Å². The Hall–Kier alpha value is -4.09. The standard InChI is InChI=1S/C27H27FN4O5S.ClH/c1-15(30-27(35)31-19-11-9-18(29-2)10-12-19)20-5-4-6-21-23(25(26(33)34)32-24(20)21)16-7-8-17(22(28)13-16)14-38(3,36)37;/h4-13,15,29,32H,14H2,1-3H3,(H,33,34)(H2,30,31,35);1H. The highest BCUT2D eigenvalue weighted by Gasteiger charge is 2.23. The highest BCUT2D eigenvalue weighted by atomic mass is 35.5. The molecule has 206 valence electrons. The number of carboxylic acids is 1. The second-order valence-corrected chi connectivity index (χ2v) is 11.1. The van der Waals surface area contributed by atoms with Gasteiger partial charge in [0.1, 0.15) is 11.5 Å². The zero-order chi connectivity index (χ0) is 27.6. The zero-order valence-corrected chi connectivity index (χ0v) is 23.0. The lowest BCUT2D eigenvalue weighted by atomic mass is 9.98. The Labute approximate surface area is 231 Å². The summed E-state index contributed by atoms with van der Waals surface area (Å²) in [6.07, 6.45) is 1.01. The number of benzene rings is 3. The maximum absolute atomic E-state index is 14.8. The number of aromatic nitrogens is 1. The zero-order valence-electron chi connectivity index (χ0n) is 21.3. The third-order valence-electron chi connectivity index (χ3n) is 6.08. The molecule has 4 aromatic rings. The van der Waals surface area contributed by atoms with E-state index in [2.05, 4.69) is 20.9 Å². The Morgan fingerprint density at radius 3 is 2.31 bits per heavy atom. The number of amides is 2. The van der Waals surface area contributed by atoms with Crippen molar-refractivity contribution in [2.75, 3.05) is 23.9 Å². The lowest BCUT2D eigenvalue weighted by molar-refractivity contribution is 0.0692. The van der Waals surface area contributed by atoms with Gasteiger partial charge < -0.3 is 26.0 Å². The van der Waals surface area contributed by atoms with Crippen molar-refractivity contribution < 1.29 is 27.5 Å². The number of anilines is 2. The number of urea groups is 1. The number of hydrogen-bond acceptors (Lipinski definition) is 5. The van der Waals surface area contributed by atoms with Crippen LogP contribution in [-0.2, 0) is 15.6 Å². The number of sulfone groups is 1. The molecule has 0 saturated heterocycles. The maximum atomic E-state index is 14.8.